The number of hydrogen-bond donors (Lipinski definition) is 0. The average molecular weight is 373 g/mol. The number of hydrogen-bond acceptors (Lipinski definition) is 6. The summed E-state index contributed by atoms with van der Waals surface area (Å²) in [5.41, 5.74) is 0.809. The third kappa shape index (κ3) is 4.59. The van der Waals surface area contributed by atoms with Gasteiger partial charge in [-0.1, -0.05) is 25.9 Å². The van der Waals surface area contributed by atoms with Crippen LogP contribution in [0.15, 0.2) is 22.7 Å². The molecule has 3 rings (SSSR count). The number of ether oxygens (including phenoxy) is 2. The van der Waals surface area contributed by atoms with Gasteiger partial charge in [0.15, 0.2) is 11.5 Å². The molecule has 0 N–H and O–H groups in total. The molecule has 146 valence electrons. The summed E-state index contributed by atoms with van der Waals surface area (Å²) in [6, 6.07) is 5.74. The highest BCUT2D eigenvalue weighted by Gasteiger charge is 2.21. The molecule has 1 aliphatic heterocycles. The molecule has 7 nitrogen and oxygen atoms in total. The van der Waals surface area contributed by atoms with Crippen molar-refractivity contribution in [2.24, 2.45) is 5.92 Å². The monoisotopic (exact) mass is 373 g/mol. The maximum atomic E-state index is 12.5. The Kier molecular flexibility index (Phi) is 5.98. The maximum Gasteiger partial charge on any atom is 0.231 e. The molecule has 7 heteroatoms. The van der Waals surface area contributed by atoms with E-state index in [0.717, 1.165) is 17.7 Å². The largest absolute Gasteiger partial charge is 0.454 e. The fourth-order valence-corrected chi connectivity index (χ4v) is 3.00. The third-order valence-electron chi connectivity index (χ3n) is 4.69. The first-order valence-electron chi connectivity index (χ1n) is 9.50. The summed E-state index contributed by atoms with van der Waals surface area (Å²) in [4.78, 5) is 18.9. The van der Waals surface area contributed by atoms with Crippen molar-refractivity contribution in [3.8, 4) is 22.9 Å². The molecular weight excluding hydrogens is 346 g/mol. The highest BCUT2D eigenvalue weighted by molar-refractivity contribution is 5.76. The molecule has 1 aliphatic rings. The fraction of sp³-hybridized carbons (Fsp3) is 0.550. The minimum absolute atomic E-state index is 0.176. The van der Waals surface area contributed by atoms with E-state index in [1.165, 1.54) is 0 Å². The molecule has 0 unspecified atom stereocenters. The lowest BCUT2D eigenvalue weighted by Crippen LogP contribution is -2.40. The summed E-state index contributed by atoms with van der Waals surface area (Å²) in [6.45, 7) is 9.08. The van der Waals surface area contributed by atoms with Crippen molar-refractivity contribution in [3.63, 3.8) is 0 Å². The SMILES string of the molecule is CC[C@@H](C)N(CCc1nc(-c2ccc3c(c2)OCO3)no1)C(=O)CC(C)C. The zero-order valence-electron chi connectivity index (χ0n) is 16.4. The predicted molar refractivity (Wildman–Crippen MR) is 100 cm³/mol. The number of carbonyl (C=O) groups is 1. The molecule has 2 heterocycles. The van der Waals surface area contributed by atoms with Gasteiger partial charge in [0.25, 0.3) is 0 Å². The van der Waals surface area contributed by atoms with E-state index in [1.54, 1.807) is 0 Å². The summed E-state index contributed by atoms with van der Waals surface area (Å²) >= 11 is 0. The van der Waals surface area contributed by atoms with Crippen molar-refractivity contribution in [3.05, 3.63) is 24.1 Å². The van der Waals surface area contributed by atoms with Crippen LogP contribution in [-0.2, 0) is 11.2 Å². The summed E-state index contributed by atoms with van der Waals surface area (Å²) in [6.07, 6.45) is 2.00. The van der Waals surface area contributed by atoms with Gasteiger partial charge in [0.05, 0.1) is 0 Å². The summed E-state index contributed by atoms with van der Waals surface area (Å²) < 4.78 is 16.1. The zero-order chi connectivity index (χ0) is 19.4. The normalized spacial score (nSPS) is 13.8. The molecule has 0 fully saturated rings. The van der Waals surface area contributed by atoms with Crippen molar-refractivity contribution < 1.29 is 18.8 Å². The highest BCUT2D eigenvalue weighted by Crippen LogP contribution is 2.35. The molecule has 1 amide bonds. The number of amides is 1. The van der Waals surface area contributed by atoms with E-state index in [1.807, 2.05) is 23.1 Å². The van der Waals surface area contributed by atoms with Crippen LogP contribution in [0.1, 0.15) is 46.4 Å². The van der Waals surface area contributed by atoms with E-state index in [0.29, 0.717) is 42.8 Å². The van der Waals surface area contributed by atoms with E-state index in [4.69, 9.17) is 14.0 Å². The van der Waals surface area contributed by atoms with E-state index in [-0.39, 0.29) is 18.7 Å². The lowest BCUT2D eigenvalue weighted by molar-refractivity contribution is -0.134. The first kappa shape index (κ1) is 19.2. The number of nitrogens with zero attached hydrogens (tertiary/aromatic N) is 3. The molecule has 1 aromatic heterocycles. The second-order valence-corrected chi connectivity index (χ2v) is 7.27. The number of aromatic nitrogens is 2. The van der Waals surface area contributed by atoms with Crippen LogP contribution in [0.4, 0.5) is 0 Å². The number of fused-ring (bicyclic) bond motifs is 1. The number of rotatable bonds is 8. The van der Waals surface area contributed by atoms with E-state index >= 15 is 0 Å². The van der Waals surface area contributed by atoms with Crippen molar-refractivity contribution in [1.82, 2.24) is 15.0 Å². The Labute approximate surface area is 159 Å². The van der Waals surface area contributed by atoms with Gasteiger partial charge in [-0.3, -0.25) is 4.79 Å². The Morgan fingerprint density at radius 1 is 1.22 bits per heavy atom. The fourth-order valence-electron chi connectivity index (χ4n) is 3.00. The molecule has 0 spiro atoms. The molecule has 0 saturated carbocycles. The smallest absolute Gasteiger partial charge is 0.231 e. The number of benzene rings is 1. The first-order valence-corrected chi connectivity index (χ1v) is 9.50. The molecule has 0 bridgehead atoms. The van der Waals surface area contributed by atoms with Gasteiger partial charge in [-0.25, -0.2) is 0 Å². The van der Waals surface area contributed by atoms with Crippen LogP contribution in [-0.4, -0.2) is 40.3 Å². The first-order chi connectivity index (χ1) is 13.0. The van der Waals surface area contributed by atoms with E-state index in [9.17, 15) is 4.79 Å². The molecule has 27 heavy (non-hydrogen) atoms. The summed E-state index contributed by atoms with van der Waals surface area (Å²) in [7, 11) is 0. The van der Waals surface area contributed by atoms with Gasteiger partial charge in [-0.2, -0.15) is 4.98 Å². The molecule has 2 aromatic rings. The molecule has 0 radical (unpaired) electrons. The molecule has 0 saturated heterocycles. The zero-order valence-corrected chi connectivity index (χ0v) is 16.4. The van der Waals surface area contributed by atoms with Crippen molar-refractivity contribution in [2.75, 3.05) is 13.3 Å². The second kappa shape index (κ2) is 8.41. The van der Waals surface area contributed by atoms with Crippen LogP contribution in [0.25, 0.3) is 11.4 Å². The lowest BCUT2D eigenvalue weighted by atomic mass is 10.1. The Balaban J connectivity index is 1.66. The Bertz CT molecular complexity index is 787. The van der Waals surface area contributed by atoms with Gasteiger partial charge in [0.2, 0.25) is 24.4 Å². The quantitative estimate of drug-likeness (QED) is 0.702. The van der Waals surface area contributed by atoms with E-state index in [2.05, 4.69) is 37.8 Å². The van der Waals surface area contributed by atoms with Crippen LogP contribution < -0.4 is 9.47 Å². The Hall–Kier alpha value is -2.57. The van der Waals surface area contributed by atoms with Crippen LogP contribution in [0.2, 0.25) is 0 Å². The van der Waals surface area contributed by atoms with Crippen molar-refractivity contribution >= 4 is 5.91 Å². The molecule has 1 atom stereocenters. The number of carbonyl (C=O) groups excluding carboxylic acids is 1. The van der Waals surface area contributed by atoms with Gasteiger partial charge in [-0.15, -0.1) is 0 Å². The van der Waals surface area contributed by atoms with Crippen LogP contribution in [0.3, 0.4) is 0 Å². The van der Waals surface area contributed by atoms with E-state index < -0.39 is 0 Å². The second-order valence-electron chi connectivity index (χ2n) is 7.27. The van der Waals surface area contributed by atoms with Crippen LogP contribution >= 0.6 is 0 Å². The van der Waals surface area contributed by atoms with Gasteiger partial charge < -0.3 is 18.9 Å². The molecule has 0 aliphatic carbocycles. The maximum absolute atomic E-state index is 12.5. The Morgan fingerprint density at radius 2 is 2.00 bits per heavy atom. The Morgan fingerprint density at radius 3 is 2.74 bits per heavy atom. The molecule has 1 aromatic carbocycles. The average Bonchev–Trinajstić information content (AvgIpc) is 3.29. The standard InChI is InChI=1S/C20H27N3O4/c1-5-14(4)23(19(24)10-13(2)3)9-8-18-21-20(22-27-18)15-6-7-16-17(11-15)26-12-25-16/h6-7,11,13-14H,5,8-10,12H2,1-4H3/t14-/m1/s1. The van der Waals surface area contributed by atoms with Gasteiger partial charge in [0, 0.05) is 31.0 Å². The summed E-state index contributed by atoms with van der Waals surface area (Å²) in [5, 5.41) is 4.06. The lowest BCUT2D eigenvalue weighted by Gasteiger charge is -2.29. The minimum Gasteiger partial charge on any atom is -0.454 e. The van der Waals surface area contributed by atoms with Crippen LogP contribution in [0.5, 0.6) is 11.5 Å². The minimum atomic E-state index is 0.176. The topological polar surface area (TPSA) is 77.7 Å². The van der Waals surface area contributed by atoms with Gasteiger partial charge >= 0.3 is 0 Å². The third-order valence-corrected chi connectivity index (χ3v) is 4.69. The predicted octanol–water partition coefficient (Wildman–Crippen LogP) is 3.68. The molecular formula is C20H27N3O4. The summed E-state index contributed by atoms with van der Waals surface area (Å²) in [5.74, 6) is 2.94. The van der Waals surface area contributed by atoms with Crippen molar-refractivity contribution in [2.45, 2.75) is 53.0 Å². The van der Waals surface area contributed by atoms with Crippen LogP contribution in [0, 0.1) is 5.92 Å². The highest BCUT2D eigenvalue weighted by atomic mass is 16.7. The van der Waals surface area contributed by atoms with Crippen molar-refractivity contribution in [1.29, 1.82) is 0 Å². The van der Waals surface area contributed by atoms with Gasteiger partial charge in [-0.05, 0) is 37.5 Å². The van der Waals surface area contributed by atoms with Gasteiger partial charge in [0.1, 0.15) is 0 Å².